The number of rotatable bonds is 23. The highest BCUT2D eigenvalue weighted by Crippen LogP contribution is 2.46. The Morgan fingerprint density at radius 2 is 1.10 bits per heavy atom. The highest BCUT2D eigenvalue weighted by atomic mass is 28.4. The van der Waals surface area contributed by atoms with E-state index in [1.165, 1.54) is 27.6 Å². The molecule has 2 aromatic heterocycles. The van der Waals surface area contributed by atoms with Gasteiger partial charge in [-0.25, -0.2) is 23.5 Å². The van der Waals surface area contributed by atoms with Crippen LogP contribution in [0.1, 0.15) is 73.0 Å². The van der Waals surface area contributed by atoms with Crippen molar-refractivity contribution in [2.24, 2.45) is 0 Å². The van der Waals surface area contributed by atoms with Gasteiger partial charge in [0.1, 0.15) is 61.2 Å². The predicted octanol–water partition coefficient (Wildman–Crippen LogP) is 8.97. The molecule has 7 aromatic carbocycles. The van der Waals surface area contributed by atoms with E-state index in [4.69, 9.17) is 47.2 Å². The van der Waals surface area contributed by atoms with Crippen LogP contribution in [0.25, 0.3) is 0 Å². The first-order valence-electron chi connectivity index (χ1n) is 31.2. The Bertz CT molecular complexity index is 4200. The molecule has 5 heterocycles. The Hall–Kier alpha value is -9.29. The largest absolute Gasteiger partial charge is 0.497 e. The van der Waals surface area contributed by atoms with Crippen LogP contribution in [-0.2, 0) is 70.0 Å². The van der Waals surface area contributed by atoms with E-state index in [2.05, 4.69) is 45.0 Å². The molecule has 12 rings (SSSR count). The summed E-state index contributed by atoms with van der Waals surface area (Å²) in [4.78, 5) is 79.2. The number of hydroxylamine groups is 2. The van der Waals surface area contributed by atoms with Crippen LogP contribution in [0, 0.1) is 6.92 Å². The van der Waals surface area contributed by atoms with Crippen molar-refractivity contribution in [1.29, 1.82) is 0 Å². The molecule has 0 radical (unpaired) electrons. The number of carbonyl (C=O) groups is 1. The summed E-state index contributed by atoms with van der Waals surface area (Å²) in [6.07, 6.45) is -6.02. The van der Waals surface area contributed by atoms with E-state index in [1.54, 1.807) is 21.1 Å². The number of amides is 1. The molecule has 486 valence electrons. The number of aryl methyl sites for hydroxylation is 1. The van der Waals surface area contributed by atoms with Crippen molar-refractivity contribution in [2.75, 3.05) is 27.4 Å². The van der Waals surface area contributed by atoms with Crippen LogP contribution in [0.15, 0.2) is 238 Å². The third-order valence-electron chi connectivity index (χ3n) is 17.6. The lowest BCUT2D eigenvalue weighted by Crippen LogP contribution is -2.70. The van der Waals surface area contributed by atoms with Gasteiger partial charge >= 0.3 is 17.5 Å². The van der Waals surface area contributed by atoms with Gasteiger partial charge in [0.05, 0.1) is 40.6 Å². The maximum absolute atomic E-state index is 15.5. The van der Waals surface area contributed by atoms with Crippen molar-refractivity contribution >= 4 is 24.8 Å². The van der Waals surface area contributed by atoms with Gasteiger partial charge in [0.15, 0.2) is 12.3 Å². The molecule has 3 aliphatic rings. The van der Waals surface area contributed by atoms with Crippen molar-refractivity contribution in [3.05, 3.63) is 294 Å². The molecule has 7 atom stereocenters. The fourth-order valence-electron chi connectivity index (χ4n) is 12.9. The summed E-state index contributed by atoms with van der Waals surface area (Å²) in [6.45, 7) is 7.07. The van der Waals surface area contributed by atoms with Gasteiger partial charge in [-0.15, -0.1) is 0 Å². The molecular weight excluding hydrogens is 1210 g/mol. The Morgan fingerprint density at radius 1 is 0.596 bits per heavy atom. The van der Waals surface area contributed by atoms with E-state index < -0.39 is 90.5 Å². The molecule has 3 fully saturated rings. The normalized spacial score (nSPS) is 19.6. The monoisotopic (exact) mass is 1290 g/mol. The third kappa shape index (κ3) is 13.0. The zero-order valence-electron chi connectivity index (χ0n) is 53.1. The van der Waals surface area contributed by atoms with Gasteiger partial charge in [-0.1, -0.05) is 197 Å². The Kier molecular flexibility index (Phi) is 19.4. The lowest BCUT2D eigenvalue weighted by atomic mass is 9.80. The van der Waals surface area contributed by atoms with E-state index in [0.717, 1.165) is 52.4 Å². The number of hydrogen-bond acceptors (Lipinski definition) is 15. The minimum absolute atomic E-state index is 0.103. The molecular formula is C73H75N5O15Si. The molecule has 0 aliphatic carbocycles. The van der Waals surface area contributed by atoms with Gasteiger partial charge in [0, 0.05) is 30.4 Å². The van der Waals surface area contributed by atoms with Gasteiger partial charge in [-0.3, -0.25) is 23.6 Å². The van der Waals surface area contributed by atoms with Gasteiger partial charge in [0.2, 0.25) is 0 Å². The molecule has 0 unspecified atom stereocenters. The SMILES string of the molecule is COc1ccc(C(OC[C@H]2O[C@@H](n3cc(C)c(=O)n(COCc4ccccc4)c3=O)C[C@@H]2OC(=O)N2C[C@H]3O[C@@H](n4ccc(=O)n(COCc5ccccc5)c4=O)[C@@H](O2)[C@@H]3O[Si](c2ccccc2)(c2ccccc2)C(C)(C)C)(c2ccccc2)c2ccc(OC)cc2)cc1. The minimum Gasteiger partial charge on any atom is -0.497 e. The van der Waals surface area contributed by atoms with E-state index in [9.17, 15) is 19.2 Å². The molecule has 20 nitrogen and oxygen atoms in total. The number of aromatic nitrogens is 4. The maximum Gasteiger partial charge on any atom is 0.434 e. The molecule has 9 aromatic rings. The Labute approximate surface area is 544 Å². The number of fused-ring (bicyclic) bond motifs is 2. The number of nitrogens with zero attached hydrogens (tertiary/aromatic N) is 5. The molecule has 0 N–H and O–H groups in total. The topological polar surface area (TPSA) is 201 Å². The summed E-state index contributed by atoms with van der Waals surface area (Å²) in [5.41, 5.74) is 0.155. The number of carbonyl (C=O) groups excluding carboxylic acids is 1. The first-order valence-corrected chi connectivity index (χ1v) is 33.1. The molecule has 21 heteroatoms. The smallest absolute Gasteiger partial charge is 0.434 e. The van der Waals surface area contributed by atoms with E-state index in [-0.39, 0.29) is 51.8 Å². The zero-order chi connectivity index (χ0) is 65.6. The summed E-state index contributed by atoms with van der Waals surface area (Å²) in [5.74, 6) is 1.24. The van der Waals surface area contributed by atoms with E-state index in [0.29, 0.717) is 11.5 Å². The number of hydrogen-bond donors (Lipinski definition) is 0. The molecule has 0 saturated carbocycles. The summed E-state index contributed by atoms with van der Waals surface area (Å²) in [6, 6.07) is 64.8. The van der Waals surface area contributed by atoms with Crippen LogP contribution in [0.3, 0.4) is 0 Å². The van der Waals surface area contributed by atoms with Crippen LogP contribution in [-0.4, -0.2) is 95.6 Å². The first-order chi connectivity index (χ1) is 45.6. The summed E-state index contributed by atoms with van der Waals surface area (Å²) >= 11 is 0. The second kappa shape index (κ2) is 28.1. The zero-order valence-corrected chi connectivity index (χ0v) is 54.1. The van der Waals surface area contributed by atoms with Crippen molar-refractivity contribution in [1.82, 2.24) is 23.3 Å². The number of benzene rings is 7. The molecule has 3 saturated heterocycles. The van der Waals surface area contributed by atoms with Crippen molar-refractivity contribution in [3.63, 3.8) is 0 Å². The average molecular weight is 1290 g/mol. The fourth-order valence-corrected chi connectivity index (χ4v) is 17.6. The summed E-state index contributed by atoms with van der Waals surface area (Å²) in [7, 11) is -0.245. The maximum atomic E-state index is 15.5. The van der Waals surface area contributed by atoms with Crippen molar-refractivity contribution in [2.45, 2.75) is 114 Å². The molecule has 2 bridgehead atoms. The third-order valence-corrected chi connectivity index (χ3v) is 22.6. The molecule has 94 heavy (non-hydrogen) atoms. The lowest BCUT2D eigenvalue weighted by molar-refractivity contribution is -0.227. The number of methoxy groups -OCH3 is 2. The van der Waals surface area contributed by atoms with Gasteiger partial charge in [-0.2, -0.15) is 5.06 Å². The highest BCUT2D eigenvalue weighted by Gasteiger charge is 2.60. The standard InChI is InChI=1S/C73H75N5O15Si/c1-50-43-75(70(82)77(67(50)80)49-87-46-52-24-14-8-15-25-52)64-42-60(62(89-64)47-88-73(53-26-16-9-17-27-53,54-32-36-56(84-5)37-33-54)55-34-38-57(85-6)39-35-55)91-71(83)78-44-61-65(93-94(72(2,3)4,58-28-18-10-19-29-58)59-30-20-11-21-31-59)66(92-78)68(90-61)74-41-40-63(79)76(69(74)81)48-86-45-51-22-12-7-13-23-51/h7-41,43,60-62,64-66,68H,42,44-49H2,1-6H3/t60-,61+,62+,64+,65+,66-,68+/m0/s1. The van der Waals surface area contributed by atoms with Crippen molar-refractivity contribution < 1.29 is 52.0 Å². The second-order valence-corrected chi connectivity index (χ2v) is 28.7. The molecule has 1 amide bonds. The van der Waals surface area contributed by atoms with Gasteiger partial charge in [-0.05, 0) is 74.4 Å². The second-order valence-electron chi connectivity index (χ2n) is 24.5. The van der Waals surface area contributed by atoms with Gasteiger partial charge in [0.25, 0.3) is 19.4 Å². The summed E-state index contributed by atoms with van der Waals surface area (Å²) < 4.78 is 63.4. The highest BCUT2D eigenvalue weighted by molar-refractivity contribution is 6.99. The van der Waals surface area contributed by atoms with Crippen LogP contribution < -0.4 is 42.3 Å². The Morgan fingerprint density at radius 3 is 1.63 bits per heavy atom. The van der Waals surface area contributed by atoms with Crippen LogP contribution >= 0.6 is 0 Å². The van der Waals surface area contributed by atoms with Crippen LogP contribution in [0.5, 0.6) is 11.5 Å². The molecule has 0 spiro atoms. The van der Waals surface area contributed by atoms with Crippen LogP contribution in [0.4, 0.5) is 4.79 Å². The minimum atomic E-state index is -3.43. The van der Waals surface area contributed by atoms with E-state index >= 15 is 4.79 Å². The quantitative estimate of drug-likeness (QED) is 0.0434. The fraction of sp³-hybridized carbons (Fsp3) is 0.301. The first kappa shape index (κ1) is 64.8. The summed E-state index contributed by atoms with van der Waals surface area (Å²) in [5, 5.41) is 2.48. The lowest BCUT2D eigenvalue weighted by Gasteiger charge is -2.47. The van der Waals surface area contributed by atoms with Crippen molar-refractivity contribution in [3.8, 4) is 11.5 Å². The predicted molar refractivity (Wildman–Crippen MR) is 352 cm³/mol. The average Bonchev–Trinajstić information content (AvgIpc) is 1.37. The van der Waals surface area contributed by atoms with Gasteiger partial charge < -0.3 is 42.3 Å². The van der Waals surface area contributed by atoms with Crippen LogP contribution in [0.2, 0.25) is 5.04 Å². The molecule has 3 aliphatic heterocycles. The van der Waals surface area contributed by atoms with E-state index in [1.807, 2.05) is 176 Å². The Balaban J connectivity index is 0.912. The number of ether oxygens (including phenoxy) is 8.